The van der Waals surface area contributed by atoms with Gasteiger partial charge in [-0.15, -0.1) is 0 Å². The van der Waals surface area contributed by atoms with Crippen molar-refractivity contribution in [2.45, 2.75) is 6.42 Å². The van der Waals surface area contributed by atoms with Gasteiger partial charge in [-0.1, -0.05) is 48.5 Å². The molecule has 0 saturated heterocycles. The van der Waals surface area contributed by atoms with Crippen molar-refractivity contribution in [3.8, 4) is 0 Å². The second-order valence-electron chi connectivity index (χ2n) is 6.97. The van der Waals surface area contributed by atoms with Crippen molar-refractivity contribution in [3.63, 3.8) is 0 Å². The SMILES string of the molecule is O=C(NO)c1ccc2c(c1)N(C(=O)C(=Cc1ccccc1)c1ccc(F)cc1)CC2. The van der Waals surface area contributed by atoms with Gasteiger partial charge in [0.15, 0.2) is 0 Å². The third kappa shape index (κ3) is 3.86. The van der Waals surface area contributed by atoms with Crippen molar-refractivity contribution in [2.75, 3.05) is 11.4 Å². The van der Waals surface area contributed by atoms with Gasteiger partial charge in [-0.3, -0.25) is 14.8 Å². The molecule has 30 heavy (non-hydrogen) atoms. The van der Waals surface area contributed by atoms with E-state index in [1.807, 2.05) is 30.3 Å². The minimum absolute atomic E-state index is 0.245. The molecule has 0 aliphatic carbocycles. The zero-order chi connectivity index (χ0) is 21.1. The number of carbonyl (C=O) groups is 2. The molecule has 3 aromatic rings. The lowest BCUT2D eigenvalue weighted by atomic mass is 10.0. The normalized spacial score (nSPS) is 13.1. The van der Waals surface area contributed by atoms with Gasteiger partial charge in [0.25, 0.3) is 11.8 Å². The van der Waals surface area contributed by atoms with E-state index in [0.29, 0.717) is 29.8 Å². The van der Waals surface area contributed by atoms with Gasteiger partial charge in [0.1, 0.15) is 5.82 Å². The van der Waals surface area contributed by atoms with Gasteiger partial charge < -0.3 is 4.90 Å². The fraction of sp³-hybridized carbons (Fsp3) is 0.0833. The van der Waals surface area contributed by atoms with Crippen molar-refractivity contribution in [1.29, 1.82) is 0 Å². The number of amides is 2. The third-order valence-corrected chi connectivity index (χ3v) is 5.09. The first kappa shape index (κ1) is 19.5. The van der Waals surface area contributed by atoms with Crippen molar-refractivity contribution >= 4 is 29.2 Å². The molecule has 0 atom stereocenters. The second kappa shape index (κ2) is 8.31. The van der Waals surface area contributed by atoms with Gasteiger partial charge in [-0.05, 0) is 53.5 Å². The lowest BCUT2D eigenvalue weighted by Crippen LogP contribution is -2.30. The molecule has 1 aliphatic heterocycles. The smallest absolute Gasteiger partial charge is 0.274 e. The first-order valence-corrected chi connectivity index (χ1v) is 9.49. The van der Waals surface area contributed by atoms with E-state index in [1.54, 1.807) is 46.8 Å². The van der Waals surface area contributed by atoms with E-state index in [2.05, 4.69) is 0 Å². The molecule has 1 heterocycles. The van der Waals surface area contributed by atoms with Gasteiger partial charge in [-0.25, -0.2) is 9.87 Å². The van der Waals surface area contributed by atoms with Crippen molar-refractivity contribution < 1.29 is 19.2 Å². The summed E-state index contributed by atoms with van der Waals surface area (Å²) in [5.41, 5.74) is 5.31. The van der Waals surface area contributed by atoms with Crippen LogP contribution in [0.1, 0.15) is 27.0 Å². The van der Waals surface area contributed by atoms with Gasteiger partial charge in [0.2, 0.25) is 0 Å². The van der Waals surface area contributed by atoms with Crippen molar-refractivity contribution in [2.24, 2.45) is 0 Å². The Hall–Kier alpha value is -3.77. The fourth-order valence-electron chi connectivity index (χ4n) is 3.56. The number of hydroxylamine groups is 1. The highest BCUT2D eigenvalue weighted by Crippen LogP contribution is 2.32. The molecular weight excluding hydrogens is 383 g/mol. The fourth-order valence-corrected chi connectivity index (χ4v) is 3.56. The van der Waals surface area contributed by atoms with Crippen LogP contribution in [0.5, 0.6) is 0 Å². The summed E-state index contributed by atoms with van der Waals surface area (Å²) in [6.45, 7) is 0.464. The van der Waals surface area contributed by atoms with Crippen LogP contribution in [0.2, 0.25) is 0 Å². The summed E-state index contributed by atoms with van der Waals surface area (Å²) in [7, 11) is 0. The molecule has 0 saturated carbocycles. The highest BCUT2D eigenvalue weighted by Gasteiger charge is 2.28. The van der Waals surface area contributed by atoms with Crippen LogP contribution in [0.15, 0.2) is 72.8 Å². The summed E-state index contributed by atoms with van der Waals surface area (Å²) in [5, 5.41) is 8.92. The molecule has 0 bridgehead atoms. The molecule has 6 heteroatoms. The van der Waals surface area contributed by atoms with E-state index in [-0.39, 0.29) is 17.3 Å². The Morgan fingerprint density at radius 2 is 1.67 bits per heavy atom. The highest BCUT2D eigenvalue weighted by atomic mass is 19.1. The van der Waals surface area contributed by atoms with E-state index >= 15 is 0 Å². The summed E-state index contributed by atoms with van der Waals surface area (Å²) in [6.07, 6.45) is 2.43. The first-order valence-electron chi connectivity index (χ1n) is 9.49. The zero-order valence-corrected chi connectivity index (χ0v) is 16.0. The number of carbonyl (C=O) groups excluding carboxylic acids is 2. The molecule has 2 amide bonds. The van der Waals surface area contributed by atoms with Gasteiger partial charge in [0, 0.05) is 23.4 Å². The van der Waals surface area contributed by atoms with Crippen LogP contribution in [0.25, 0.3) is 11.6 Å². The predicted octanol–water partition coefficient (Wildman–Crippen LogP) is 4.07. The summed E-state index contributed by atoms with van der Waals surface area (Å²) >= 11 is 0. The first-order chi connectivity index (χ1) is 14.6. The van der Waals surface area contributed by atoms with Gasteiger partial charge >= 0.3 is 0 Å². The number of anilines is 1. The number of hydrogen-bond acceptors (Lipinski definition) is 3. The van der Waals surface area contributed by atoms with Crippen LogP contribution >= 0.6 is 0 Å². The van der Waals surface area contributed by atoms with Crippen LogP contribution in [0, 0.1) is 5.82 Å². The van der Waals surface area contributed by atoms with E-state index in [0.717, 1.165) is 11.1 Å². The molecule has 0 fully saturated rings. The van der Waals surface area contributed by atoms with Crippen LogP contribution < -0.4 is 10.4 Å². The minimum atomic E-state index is -0.643. The topological polar surface area (TPSA) is 69.6 Å². The van der Waals surface area contributed by atoms with E-state index in [1.165, 1.54) is 12.1 Å². The predicted molar refractivity (Wildman–Crippen MR) is 112 cm³/mol. The average molecular weight is 402 g/mol. The Balaban J connectivity index is 1.76. The molecule has 5 nitrogen and oxygen atoms in total. The molecule has 150 valence electrons. The zero-order valence-electron chi connectivity index (χ0n) is 16.0. The molecule has 0 radical (unpaired) electrons. The summed E-state index contributed by atoms with van der Waals surface area (Å²) in [4.78, 5) is 27.0. The Labute approximate surface area is 173 Å². The van der Waals surface area contributed by atoms with Gasteiger partial charge in [-0.2, -0.15) is 0 Å². The molecule has 2 N–H and O–H groups in total. The molecular formula is C24H19FN2O3. The number of halogens is 1. The average Bonchev–Trinajstić information content (AvgIpc) is 3.21. The standard InChI is InChI=1S/C24H19FN2O3/c25-20-10-8-17(9-11-20)21(14-16-4-2-1-3-5-16)24(29)27-13-12-18-6-7-19(15-22(18)27)23(28)26-30/h1-11,14-15,30H,12-13H2,(H,26,28). The van der Waals surface area contributed by atoms with E-state index in [4.69, 9.17) is 5.21 Å². The quantitative estimate of drug-likeness (QED) is 0.299. The number of hydrogen-bond donors (Lipinski definition) is 2. The summed E-state index contributed by atoms with van der Waals surface area (Å²) in [6, 6.07) is 20.2. The van der Waals surface area contributed by atoms with Crippen LogP contribution in [0.4, 0.5) is 10.1 Å². The molecule has 3 aromatic carbocycles. The maximum absolute atomic E-state index is 13.6. The second-order valence-corrected chi connectivity index (χ2v) is 6.97. The van der Waals surface area contributed by atoms with Gasteiger partial charge in [0.05, 0.1) is 0 Å². The van der Waals surface area contributed by atoms with Crippen molar-refractivity contribution in [3.05, 3.63) is 101 Å². The third-order valence-electron chi connectivity index (χ3n) is 5.09. The molecule has 1 aliphatic rings. The number of nitrogens with zero attached hydrogens (tertiary/aromatic N) is 1. The maximum Gasteiger partial charge on any atom is 0.274 e. The lowest BCUT2D eigenvalue weighted by molar-refractivity contribution is -0.113. The Morgan fingerprint density at radius 3 is 2.37 bits per heavy atom. The van der Waals surface area contributed by atoms with Crippen LogP contribution in [-0.4, -0.2) is 23.6 Å². The van der Waals surface area contributed by atoms with Crippen LogP contribution in [-0.2, 0) is 11.2 Å². The lowest BCUT2D eigenvalue weighted by Gasteiger charge is -2.20. The number of fused-ring (bicyclic) bond motifs is 1. The van der Waals surface area contributed by atoms with Crippen LogP contribution in [0.3, 0.4) is 0 Å². The maximum atomic E-state index is 13.6. The van der Waals surface area contributed by atoms with E-state index in [9.17, 15) is 14.0 Å². The largest absolute Gasteiger partial charge is 0.308 e. The Bertz CT molecular complexity index is 1120. The monoisotopic (exact) mass is 402 g/mol. The van der Waals surface area contributed by atoms with E-state index < -0.39 is 5.91 Å². The molecule has 0 aromatic heterocycles. The Kier molecular flexibility index (Phi) is 5.41. The number of benzene rings is 3. The number of nitrogens with one attached hydrogen (secondary N) is 1. The minimum Gasteiger partial charge on any atom is -0.308 e. The number of rotatable bonds is 4. The molecule has 0 unspecified atom stereocenters. The van der Waals surface area contributed by atoms with Crippen molar-refractivity contribution in [1.82, 2.24) is 5.48 Å². The highest BCUT2D eigenvalue weighted by molar-refractivity contribution is 6.30. The summed E-state index contributed by atoms with van der Waals surface area (Å²) < 4.78 is 13.5. The molecule has 0 spiro atoms. The Morgan fingerprint density at radius 1 is 0.967 bits per heavy atom. The molecule has 4 rings (SSSR count). The summed E-state index contributed by atoms with van der Waals surface area (Å²) in [5.74, 6) is -1.27.